The third-order valence-electron chi connectivity index (χ3n) is 2.29. The van der Waals surface area contributed by atoms with Crippen molar-refractivity contribution in [3.05, 3.63) is 0 Å². The van der Waals surface area contributed by atoms with Gasteiger partial charge in [0.15, 0.2) is 0 Å². The minimum Gasteiger partial charge on any atom is -0.481 e. The van der Waals surface area contributed by atoms with Crippen molar-refractivity contribution in [2.24, 2.45) is 11.3 Å². The summed E-state index contributed by atoms with van der Waals surface area (Å²) in [5, 5.41) is 8.88. The molecule has 0 aliphatic heterocycles. The van der Waals surface area contributed by atoms with Crippen molar-refractivity contribution in [1.29, 1.82) is 0 Å². The third kappa shape index (κ3) is 6.30. The van der Waals surface area contributed by atoms with Gasteiger partial charge < -0.3 is 5.11 Å². The lowest BCUT2D eigenvalue weighted by Gasteiger charge is -2.18. The van der Waals surface area contributed by atoms with Crippen molar-refractivity contribution in [3.63, 3.8) is 0 Å². The van der Waals surface area contributed by atoms with Crippen molar-refractivity contribution in [2.75, 3.05) is 11.5 Å². The summed E-state index contributed by atoms with van der Waals surface area (Å²) in [6, 6.07) is 0. The zero-order valence-electron chi connectivity index (χ0n) is 9.67. The van der Waals surface area contributed by atoms with Gasteiger partial charge in [-0.25, -0.2) is 0 Å². The van der Waals surface area contributed by atoms with Crippen LogP contribution in [0.2, 0.25) is 0 Å². The number of carboxylic acid groups (broad SMARTS) is 1. The topological polar surface area (TPSA) is 37.3 Å². The molecule has 0 saturated carbocycles. The van der Waals surface area contributed by atoms with Crippen LogP contribution in [0.4, 0.5) is 0 Å². The Labute approximate surface area is 91.5 Å². The van der Waals surface area contributed by atoms with Crippen molar-refractivity contribution in [2.45, 2.75) is 40.5 Å². The average molecular weight is 218 g/mol. The highest BCUT2D eigenvalue weighted by atomic mass is 32.2. The van der Waals surface area contributed by atoms with Crippen LogP contribution in [-0.2, 0) is 4.79 Å². The van der Waals surface area contributed by atoms with Gasteiger partial charge in [-0.3, -0.25) is 4.79 Å². The monoisotopic (exact) mass is 218 g/mol. The molecule has 0 aromatic heterocycles. The number of carboxylic acids is 1. The number of thioether (sulfide) groups is 1. The molecule has 0 fully saturated rings. The van der Waals surface area contributed by atoms with Crippen molar-refractivity contribution in [1.82, 2.24) is 0 Å². The molecule has 0 aromatic carbocycles. The molecule has 0 radical (unpaired) electrons. The highest BCUT2D eigenvalue weighted by Crippen LogP contribution is 2.23. The minimum absolute atomic E-state index is 0.565. The van der Waals surface area contributed by atoms with E-state index in [0.29, 0.717) is 0 Å². The smallest absolute Gasteiger partial charge is 0.309 e. The van der Waals surface area contributed by atoms with Crippen LogP contribution in [0.1, 0.15) is 40.5 Å². The molecule has 0 aromatic rings. The van der Waals surface area contributed by atoms with Crippen LogP contribution in [0.15, 0.2) is 0 Å². The van der Waals surface area contributed by atoms with Crippen LogP contribution in [0, 0.1) is 11.3 Å². The van der Waals surface area contributed by atoms with Gasteiger partial charge in [-0.2, -0.15) is 11.8 Å². The summed E-state index contributed by atoms with van der Waals surface area (Å²) < 4.78 is 0. The number of rotatable bonds is 7. The maximum absolute atomic E-state index is 10.8. The van der Waals surface area contributed by atoms with E-state index in [1.807, 2.05) is 11.8 Å². The van der Waals surface area contributed by atoms with E-state index in [2.05, 4.69) is 13.8 Å². The Bertz CT molecular complexity index is 176. The third-order valence-corrected chi connectivity index (χ3v) is 3.31. The molecule has 0 saturated heterocycles. The minimum atomic E-state index is -0.693. The van der Waals surface area contributed by atoms with Crippen molar-refractivity contribution >= 4 is 17.7 Å². The van der Waals surface area contributed by atoms with Gasteiger partial charge in [0.05, 0.1) is 5.41 Å². The fourth-order valence-electron chi connectivity index (χ4n) is 0.855. The Hall–Kier alpha value is -0.180. The molecule has 0 amide bonds. The molecule has 3 heteroatoms. The van der Waals surface area contributed by atoms with Crippen LogP contribution in [0.25, 0.3) is 0 Å². The lowest BCUT2D eigenvalue weighted by molar-refractivity contribution is -0.146. The summed E-state index contributed by atoms with van der Waals surface area (Å²) in [6.07, 6.45) is 1.98. The molecular formula is C11H22O2S. The fourth-order valence-corrected chi connectivity index (χ4v) is 2.35. The number of hydrogen-bond donors (Lipinski definition) is 1. The van der Waals surface area contributed by atoms with Gasteiger partial charge in [0.25, 0.3) is 0 Å². The van der Waals surface area contributed by atoms with Crippen molar-refractivity contribution in [3.8, 4) is 0 Å². The maximum Gasteiger partial charge on any atom is 0.309 e. The highest BCUT2D eigenvalue weighted by molar-refractivity contribution is 7.99. The normalized spacial score (nSPS) is 12.1. The molecule has 84 valence electrons. The predicted molar refractivity (Wildman–Crippen MR) is 62.8 cm³/mol. The van der Waals surface area contributed by atoms with E-state index >= 15 is 0 Å². The summed E-state index contributed by atoms with van der Waals surface area (Å²) in [5.41, 5.74) is -0.565. The second kappa shape index (κ2) is 6.33. The fraction of sp³-hybridized carbons (Fsp3) is 0.909. The first-order chi connectivity index (χ1) is 6.36. The van der Waals surface area contributed by atoms with E-state index in [1.54, 1.807) is 13.8 Å². The van der Waals surface area contributed by atoms with E-state index in [9.17, 15) is 4.79 Å². The predicted octanol–water partition coefficient (Wildman–Crippen LogP) is 3.27. The van der Waals surface area contributed by atoms with Crippen molar-refractivity contribution < 1.29 is 9.90 Å². The summed E-state index contributed by atoms with van der Waals surface area (Å²) in [4.78, 5) is 10.8. The second-order valence-electron chi connectivity index (χ2n) is 4.73. The van der Waals surface area contributed by atoms with E-state index < -0.39 is 11.4 Å². The Kier molecular flexibility index (Phi) is 6.25. The van der Waals surface area contributed by atoms with E-state index in [-0.39, 0.29) is 0 Å². The second-order valence-corrected chi connectivity index (χ2v) is 5.96. The highest BCUT2D eigenvalue weighted by Gasteiger charge is 2.26. The van der Waals surface area contributed by atoms with Gasteiger partial charge in [-0.15, -0.1) is 0 Å². The molecule has 0 bridgehead atoms. The average Bonchev–Trinajstić information content (AvgIpc) is 2.02. The molecule has 2 nitrogen and oxygen atoms in total. The first-order valence-electron chi connectivity index (χ1n) is 5.17. The molecular weight excluding hydrogens is 196 g/mol. The van der Waals surface area contributed by atoms with Crippen LogP contribution in [0.5, 0.6) is 0 Å². The summed E-state index contributed by atoms with van der Waals surface area (Å²) in [6.45, 7) is 8.00. The largest absolute Gasteiger partial charge is 0.481 e. The van der Waals surface area contributed by atoms with Gasteiger partial charge in [0.2, 0.25) is 0 Å². The van der Waals surface area contributed by atoms with Gasteiger partial charge >= 0.3 is 5.97 Å². The van der Waals surface area contributed by atoms with Crippen LogP contribution in [-0.4, -0.2) is 22.6 Å². The Morgan fingerprint density at radius 1 is 1.36 bits per heavy atom. The number of hydrogen-bond acceptors (Lipinski definition) is 2. The molecule has 0 spiro atoms. The molecule has 0 rings (SSSR count). The zero-order valence-corrected chi connectivity index (χ0v) is 10.5. The summed E-state index contributed by atoms with van der Waals surface area (Å²) >= 11 is 1.86. The standard InChI is InChI=1S/C11H22O2S/c1-9(2)5-7-14-8-6-11(3,4)10(12)13/h9H,5-8H2,1-4H3,(H,12,13). The lowest BCUT2D eigenvalue weighted by Crippen LogP contribution is -2.24. The number of carbonyl (C=O) groups is 1. The number of aliphatic carboxylic acids is 1. The molecule has 0 unspecified atom stereocenters. The molecule has 0 aliphatic rings. The van der Waals surface area contributed by atoms with Crippen LogP contribution in [0.3, 0.4) is 0 Å². The molecule has 0 atom stereocenters. The molecule has 1 N–H and O–H groups in total. The first-order valence-corrected chi connectivity index (χ1v) is 6.33. The Balaban J connectivity index is 3.49. The molecule has 0 aliphatic carbocycles. The Morgan fingerprint density at radius 2 is 1.93 bits per heavy atom. The Morgan fingerprint density at radius 3 is 2.36 bits per heavy atom. The van der Waals surface area contributed by atoms with Gasteiger partial charge in [-0.1, -0.05) is 13.8 Å². The van der Waals surface area contributed by atoms with E-state index in [0.717, 1.165) is 23.8 Å². The van der Waals surface area contributed by atoms with Crippen LogP contribution >= 0.6 is 11.8 Å². The maximum atomic E-state index is 10.8. The van der Waals surface area contributed by atoms with Gasteiger partial charge in [0, 0.05) is 0 Å². The van der Waals surface area contributed by atoms with E-state index in [1.165, 1.54) is 6.42 Å². The lowest BCUT2D eigenvalue weighted by atomic mass is 9.91. The van der Waals surface area contributed by atoms with Gasteiger partial charge in [0.1, 0.15) is 0 Å². The summed E-state index contributed by atoms with van der Waals surface area (Å²) in [7, 11) is 0. The van der Waals surface area contributed by atoms with Gasteiger partial charge in [-0.05, 0) is 44.1 Å². The molecule has 0 heterocycles. The first kappa shape index (κ1) is 13.8. The SMILES string of the molecule is CC(C)CCSCCC(C)(C)C(=O)O. The molecule has 14 heavy (non-hydrogen) atoms. The summed E-state index contributed by atoms with van der Waals surface area (Å²) in [5.74, 6) is 2.15. The zero-order chi connectivity index (χ0) is 11.2. The van der Waals surface area contributed by atoms with E-state index in [4.69, 9.17) is 5.11 Å². The quantitative estimate of drug-likeness (QED) is 0.666. The van der Waals surface area contributed by atoms with Crippen LogP contribution < -0.4 is 0 Å².